The van der Waals surface area contributed by atoms with Gasteiger partial charge in [-0.25, -0.2) is 0 Å². The highest BCUT2D eigenvalue weighted by atomic mass is 16.5. The average molecular weight is 675 g/mol. The third kappa shape index (κ3) is 2.14. The normalized spacial score (nSPS) is 18.2. The molecule has 6 nitrogen and oxygen atoms in total. The lowest BCUT2D eigenvalue weighted by molar-refractivity contribution is -1.02. The van der Waals surface area contributed by atoms with Crippen molar-refractivity contribution in [2.24, 2.45) is 0 Å². The zero-order valence-corrected chi connectivity index (χ0v) is 28.0. The Balaban J connectivity index is 1.24. The lowest BCUT2D eigenvalue weighted by atomic mass is 9.65. The number of para-hydroxylation sites is 2. The standard InChI is InChI=1S/C47H24N5O/c1-3-16-33-25(9-1)26-10-2-4-17-34(26)47(33)35-18-6-13-29-32-15-8-24-49-46(32)51(40(29)35)42-36(47)20-22-38-44(42)52(49)43-37(53-38)21-19-30-27-11-5-12-28-31-14-7-23-48(52)45(31)50(39(27)28)41(30)43/h1-24H/q+3. The van der Waals surface area contributed by atoms with Gasteiger partial charge in [0.1, 0.15) is 11.0 Å². The first-order valence-corrected chi connectivity index (χ1v) is 18.4. The third-order valence-electron chi connectivity index (χ3n) is 13.6. The fraction of sp³-hybridized carbons (Fsp3) is 0.0213. The Morgan fingerprint density at radius 1 is 0.453 bits per heavy atom. The summed E-state index contributed by atoms with van der Waals surface area (Å²) in [6, 6.07) is 50.2. The molecular weight excluding hydrogens is 651 g/mol. The molecule has 11 aromatic rings. The molecule has 0 bridgehead atoms. The predicted octanol–water partition coefficient (Wildman–Crippen LogP) is 9.48. The summed E-state index contributed by atoms with van der Waals surface area (Å²) in [7, 11) is 0. The van der Waals surface area contributed by atoms with Crippen molar-refractivity contribution in [2.75, 3.05) is 0 Å². The summed E-state index contributed by atoms with van der Waals surface area (Å²) in [5.41, 5.74) is 17.0. The Morgan fingerprint density at radius 2 is 1.04 bits per heavy atom. The van der Waals surface area contributed by atoms with E-state index in [4.69, 9.17) is 4.74 Å². The fourth-order valence-electron chi connectivity index (χ4n) is 12.1. The van der Waals surface area contributed by atoms with Gasteiger partial charge >= 0.3 is 22.7 Å². The number of pyridine rings is 2. The van der Waals surface area contributed by atoms with Crippen LogP contribution in [0.4, 0.5) is 11.4 Å². The topological polar surface area (TPSA) is 26.3 Å². The van der Waals surface area contributed by atoms with E-state index >= 15 is 0 Å². The zero-order valence-electron chi connectivity index (χ0n) is 28.0. The second-order valence-corrected chi connectivity index (χ2v) is 15.4. The van der Waals surface area contributed by atoms with Crippen LogP contribution in [0.5, 0.6) is 11.5 Å². The van der Waals surface area contributed by atoms with Gasteiger partial charge in [0, 0.05) is 32.7 Å². The van der Waals surface area contributed by atoms with Gasteiger partial charge in [-0.2, -0.15) is 8.97 Å². The van der Waals surface area contributed by atoms with Gasteiger partial charge in [0.25, 0.3) is 0 Å². The minimum absolute atomic E-state index is 0.330. The van der Waals surface area contributed by atoms with Gasteiger partial charge in [-0.15, -0.1) is 0 Å². The first kappa shape index (κ1) is 25.0. The molecule has 9 heterocycles. The van der Waals surface area contributed by atoms with E-state index in [1.165, 1.54) is 99.2 Å². The van der Waals surface area contributed by atoms with Crippen LogP contribution >= 0.6 is 0 Å². The van der Waals surface area contributed by atoms with Crippen molar-refractivity contribution < 1.29 is 14.1 Å². The molecule has 5 aliphatic rings. The molecule has 53 heavy (non-hydrogen) atoms. The van der Waals surface area contributed by atoms with E-state index in [2.05, 4.69) is 164 Å². The van der Waals surface area contributed by atoms with Gasteiger partial charge < -0.3 is 4.74 Å². The summed E-state index contributed by atoms with van der Waals surface area (Å²) in [5, 5.41) is 7.59. The van der Waals surface area contributed by atoms with E-state index in [9.17, 15) is 0 Å². The van der Waals surface area contributed by atoms with E-state index in [0.717, 1.165) is 22.9 Å². The Bertz CT molecular complexity index is 3640. The molecular formula is C47H24N5O+3. The van der Waals surface area contributed by atoms with Crippen molar-refractivity contribution in [1.82, 2.24) is 13.7 Å². The summed E-state index contributed by atoms with van der Waals surface area (Å²) in [5.74, 6) is 1.77. The first-order valence-electron chi connectivity index (χ1n) is 18.4. The molecule has 0 saturated carbocycles. The maximum absolute atomic E-state index is 7.21. The number of fused-ring (bicyclic) bond motifs is 10. The summed E-state index contributed by atoms with van der Waals surface area (Å²) in [6.45, 7) is 0. The maximum Gasteiger partial charge on any atom is 0.350 e. The number of rotatable bonds is 0. The molecule has 0 fully saturated rings. The Labute approximate surface area is 300 Å². The predicted molar refractivity (Wildman–Crippen MR) is 205 cm³/mol. The molecule has 0 radical (unpaired) electrons. The summed E-state index contributed by atoms with van der Waals surface area (Å²) < 4.78 is 17.7. The van der Waals surface area contributed by atoms with E-state index in [1.54, 1.807) is 0 Å². The summed E-state index contributed by atoms with van der Waals surface area (Å²) in [4.78, 5) is 0. The monoisotopic (exact) mass is 674 g/mol. The Kier molecular flexibility index (Phi) is 3.52. The van der Waals surface area contributed by atoms with Crippen LogP contribution in [0.25, 0.3) is 77.0 Å². The molecule has 5 aromatic heterocycles. The third-order valence-corrected chi connectivity index (χ3v) is 13.6. The fourth-order valence-corrected chi connectivity index (χ4v) is 12.1. The minimum atomic E-state index is -0.527. The average Bonchev–Trinajstić information content (AvgIpc) is 3.93. The van der Waals surface area contributed by atoms with Crippen LogP contribution in [0.2, 0.25) is 0 Å². The second-order valence-electron chi connectivity index (χ2n) is 15.4. The van der Waals surface area contributed by atoms with Crippen LogP contribution in [0.15, 0.2) is 146 Å². The smallest absolute Gasteiger partial charge is 0.350 e. The number of hydrogen-bond donors (Lipinski definition) is 0. The molecule has 16 rings (SSSR count). The van der Waals surface area contributed by atoms with Gasteiger partial charge in [0.05, 0.1) is 20.9 Å². The van der Waals surface area contributed by atoms with Gasteiger partial charge in [-0.1, -0.05) is 66.7 Å². The number of quaternary nitrogens is 1. The quantitative estimate of drug-likeness (QED) is 0.116. The van der Waals surface area contributed by atoms with E-state index in [1.807, 2.05) is 0 Å². The van der Waals surface area contributed by atoms with Crippen molar-refractivity contribution in [3.05, 3.63) is 168 Å². The van der Waals surface area contributed by atoms with E-state index < -0.39 is 5.41 Å². The molecule has 4 aliphatic heterocycles. The molecule has 240 valence electrons. The van der Waals surface area contributed by atoms with Gasteiger partial charge in [0.15, 0.2) is 12.4 Å². The largest absolute Gasteiger partial charge is 0.444 e. The Morgan fingerprint density at radius 3 is 1.83 bits per heavy atom. The summed E-state index contributed by atoms with van der Waals surface area (Å²) >= 11 is 0. The maximum atomic E-state index is 7.21. The minimum Gasteiger partial charge on any atom is -0.444 e. The summed E-state index contributed by atoms with van der Waals surface area (Å²) in [6.07, 6.45) is 4.59. The zero-order chi connectivity index (χ0) is 33.7. The second kappa shape index (κ2) is 7.46. The van der Waals surface area contributed by atoms with E-state index in [0.29, 0.717) is 4.70 Å². The van der Waals surface area contributed by atoms with Gasteiger partial charge in [0.2, 0.25) is 22.7 Å². The van der Waals surface area contributed by atoms with Crippen LogP contribution in [-0.2, 0) is 5.41 Å². The van der Waals surface area contributed by atoms with Crippen molar-refractivity contribution in [3.8, 4) is 28.3 Å². The van der Waals surface area contributed by atoms with Crippen molar-refractivity contribution >= 4 is 71.5 Å². The highest BCUT2D eigenvalue weighted by Gasteiger charge is 2.68. The van der Waals surface area contributed by atoms with Gasteiger partial charge in [-0.05, 0) is 98.3 Å². The molecule has 1 aliphatic carbocycles. The molecule has 2 spiro atoms. The highest BCUT2D eigenvalue weighted by Crippen LogP contribution is 2.66. The van der Waals surface area contributed by atoms with Crippen LogP contribution in [-0.4, -0.2) is 8.97 Å². The molecule has 6 aromatic carbocycles. The van der Waals surface area contributed by atoms with Crippen molar-refractivity contribution in [3.63, 3.8) is 0 Å². The molecule has 0 saturated heterocycles. The first-order chi connectivity index (χ1) is 26.3. The Hall–Kier alpha value is -7.02. The lowest BCUT2D eigenvalue weighted by Crippen LogP contribution is -2.86. The van der Waals surface area contributed by atoms with Crippen LogP contribution in [0.3, 0.4) is 0 Å². The molecule has 0 N–H and O–H groups in total. The molecule has 6 heteroatoms. The lowest BCUT2D eigenvalue weighted by Gasteiger charge is -2.42. The number of ether oxygens (including phenoxy) is 1. The number of benzene rings is 6. The number of nitrogens with zero attached hydrogens (tertiary/aromatic N) is 5. The molecule has 1 unspecified atom stereocenters. The van der Waals surface area contributed by atoms with Crippen molar-refractivity contribution in [2.45, 2.75) is 5.41 Å². The van der Waals surface area contributed by atoms with E-state index in [-0.39, 0.29) is 0 Å². The number of hydrogen-bond acceptors (Lipinski definition) is 1. The van der Waals surface area contributed by atoms with Crippen LogP contribution in [0.1, 0.15) is 22.3 Å². The van der Waals surface area contributed by atoms with Crippen LogP contribution < -0.4 is 18.8 Å². The van der Waals surface area contributed by atoms with Crippen molar-refractivity contribution in [1.29, 1.82) is 0 Å². The number of aromatic nitrogens is 4. The van der Waals surface area contributed by atoms with Gasteiger partial charge in [-0.3, -0.25) is 0 Å². The molecule has 1 atom stereocenters. The molecule has 0 amide bonds. The van der Waals surface area contributed by atoms with Crippen LogP contribution in [0, 0.1) is 0 Å². The highest BCUT2D eigenvalue weighted by molar-refractivity contribution is 6.25. The SMILES string of the molecule is c1ccc2c(c1)-c1ccccc1C21c2ccc3c4c2-n2c5c1cccc5c1ccc[n+](c12)[N+]41c2c(ccc4c5cccc6c7ccc[n+]1c7n(c24)c56)O3.